The molecule has 19 heavy (non-hydrogen) atoms. The standard InChI is InChI=1S/C13H32O4PSi/c1-9-14-13(5,15-10-2)18(16-11-3,17-12-4)19(6,7)8/h9-12H2,1-8H3/q+1. The first kappa shape index (κ1) is 19.5. The molecule has 0 bridgehead atoms. The van der Waals surface area contributed by atoms with E-state index in [1.165, 1.54) is 0 Å². The van der Waals surface area contributed by atoms with Gasteiger partial charge in [0.1, 0.15) is 0 Å². The number of rotatable bonds is 10. The molecule has 0 saturated heterocycles. The quantitative estimate of drug-likeness (QED) is 0.338. The van der Waals surface area contributed by atoms with Crippen molar-refractivity contribution in [1.82, 2.24) is 0 Å². The van der Waals surface area contributed by atoms with Crippen LogP contribution in [0.5, 0.6) is 0 Å². The van der Waals surface area contributed by atoms with E-state index in [1.54, 1.807) is 0 Å². The zero-order valence-corrected chi connectivity index (χ0v) is 15.8. The first-order chi connectivity index (χ1) is 8.74. The Morgan fingerprint density at radius 1 is 0.789 bits per heavy atom. The van der Waals surface area contributed by atoms with E-state index < -0.39 is 20.5 Å². The summed E-state index contributed by atoms with van der Waals surface area (Å²) in [6.07, 6.45) is 0. The molecule has 6 heteroatoms. The average Bonchev–Trinajstić information content (AvgIpc) is 2.27. The lowest BCUT2D eigenvalue weighted by Gasteiger charge is -2.43. The molecule has 0 spiro atoms. The fourth-order valence-corrected chi connectivity index (χ4v) is 13.4. The van der Waals surface area contributed by atoms with E-state index in [1.807, 2.05) is 34.6 Å². The number of hydrogen-bond donors (Lipinski definition) is 0. The van der Waals surface area contributed by atoms with Crippen molar-refractivity contribution >= 4 is 15.0 Å². The number of ether oxygens (including phenoxy) is 2. The zero-order valence-electron chi connectivity index (χ0n) is 13.9. The summed E-state index contributed by atoms with van der Waals surface area (Å²) in [6, 6.07) is 0. The van der Waals surface area contributed by atoms with Crippen LogP contribution in [0.15, 0.2) is 0 Å². The second kappa shape index (κ2) is 8.06. The summed E-state index contributed by atoms with van der Waals surface area (Å²) >= 11 is 0. The van der Waals surface area contributed by atoms with Crippen LogP contribution < -0.4 is 0 Å². The monoisotopic (exact) mass is 311 g/mol. The minimum atomic E-state index is -2.24. The highest BCUT2D eigenvalue weighted by Crippen LogP contribution is 2.77. The van der Waals surface area contributed by atoms with Crippen molar-refractivity contribution in [2.45, 2.75) is 59.8 Å². The van der Waals surface area contributed by atoms with Crippen LogP contribution in [-0.4, -0.2) is 39.7 Å². The Morgan fingerprint density at radius 3 is 1.37 bits per heavy atom. The van der Waals surface area contributed by atoms with Crippen LogP contribution in [0.1, 0.15) is 34.6 Å². The van der Waals surface area contributed by atoms with Gasteiger partial charge in [-0.3, -0.25) is 0 Å². The van der Waals surface area contributed by atoms with Crippen LogP contribution in [0.3, 0.4) is 0 Å². The van der Waals surface area contributed by atoms with Gasteiger partial charge in [-0.25, -0.2) is 9.05 Å². The van der Waals surface area contributed by atoms with Crippen LogP contribution in [-0.2, 0) is 18.5 Å². The van der Waals surface area contributed by atoms with E-state index in [9.17, 15) is 0 Å². The molecule has 0 aliphatic rings. The molecule has 0 fully saturated rings. The smallest absolute Gasteiger partial charge is 0.316 e. The van der Waals surface area contributed by atoms with Gasteiger partial charge in [-0.05, 0) is 47.3 Å². The highest BCUT2D eigenvalue weighted by Gasteiger charge is 2.70. The van der Waals surface area contributed by atoms with Gasteiger partial charge < -0.3 is 9.47 Å². The first-order valence-electron chi connectivity index (χ1n) is 7.20. The lowest BCUT2D eigenvalue weighted by Crippen LogP contribution is -2.47. The van der Waals surface area contributed by atoms with Gasteiger partial charge in [-0.2, -0.15) is 0 Å². The molecule has 0 unspecified atom stereocenters. The molecule has 0 rings (SSSR count). The van der Waals surface area contributed by atoms with E-state index >= 15 is 0 Å². The lowest BCUT2D eigenvalue weighted by atomic mass is 10.7. The van der Waals surface area contributed by atoms with Gasteiger partial charge in [0.05, 0.1) is 26.4 Å². The van der Waals surface area contributed by atoms with Crippen molar-refractivity contribution in [3.05, 3.63) is 0 Å². The van der Waals surface area contributed by atoms with Crippen LogP contribution in [0.2, 0.25) is 19.6 Å². The van der Waals surface area contributed by atoms with E-state index in [2.05, 4.69) is 19.6 Å². The van der Waals surface area contributed by atoms with Crippen molar-refractivity contribution in [1.29, 1.82) is 0 Å². The molecule has 0 aromatic carbocycles. The van der Waals surface area contributed by atoms with Gasteiger partial charge in [0, 0.05) is 6.92 Å². The van der Waals surface area contributed by atoms with Gasteiger partial charge in [0.25, 0.3) is 15.0 Å². The normalized spacial score (nSPS) is 13.9. The summed E-state index contributed by atoms with van der Waals surface area (Å²) in [4.78, 5) is 0. The van der Waals surface area contributed by atoms with Crippen molar-refractivity contribution in [3.8, 4) is 0 Å². The topological polar surface area (TPSA) is 36.9 Å². The third-order valence-corrected chi connectivity index (χ3v) is 14.5. The van der Waals surface area contributed by atoms with Gasteiger partial charge in [0.15, 0.2) is 0 Å². The Kier molecular flexibility index (Phi) is 8.26. The summed E-state index contributed by atoms with van der Waals surface area (Å²) in [5.74, 6) is 0. The molecule has 0 amide bonds. The second-order valence-corrected chi connectivity index (χ2v) is 17.9. The summed E-state index contributed by atoms with van der Waals surface area (Å²) in [5, 5.41) is 0. The molecule has 116 valence electrons. The minimum Gasteiger partial charge on any atom is -0.316 e. The molecular formula is C13H32O4PSi+. The predicted molar refractivity (Wildman–Crippen MR) is 85.2 cm³/mol. The Balaban J connectivity index is 5.72. The van der Waals surface area contributed by atoms with E-state index in [0.29, 0.717) is 26.4 Å². The summed E-state index contributed by atoms with van der Waals surface area (Å²) < 4.78 is 24.4. The molecule has 0 aromatic rings. The Hall–Kier alpha value is 0.487. The molecule has 0 aliphatic carbocycles. The Morgan fingerprint density at radius 2 is 1.16 bits per heavy atom. The van der Waals surface area contributed by atoms with Crippen molar-refractivity contribution < 1.29 is 18.5 Å². The molecule has 0 saturated carbocycles. The molecule has 0 aromatic heterocycles. The Bertz CT molecular complexity index is 244. The SMILES string of the molecule is CCOC(C)(OCC)[P+](OCC)(OCC)[Si](C)(C)C. The molecule has 0 atom stereocenters. The highest BCUT2D eigenvalue weighted by molar-refractivity contribution is 8.02. The highest BCUT2D eigenvalue weighted by atomic mass is 31.5. The fraction of sp³-hybridized carbons (Fsp3) is 1.00. The molecule has 0 heterocycles. The largest absolute Gasteiger partial charge is 0.323 e. The lowest BCUT2D eigenvalue weighted by molar-refractivity contribution is -0.171. The van der Waals surface area contributed by atoms with Crippen LogP contribution >= 0.6 is 7.26 Å². The van der Waals surface area contributed by atoms with Gasteiger partial charge in [-0.15, -0.1) is 0 Å². The van der Waals surface area contributed by atoms with Crippen molar-refractivity contribution in [2.24, 2.45) is 0 Å². The zero-order chi connectivity index (χ0) is 15.2. The van der Waals surface area contributed by atoms with E-state index in [-0.39, 0.29) is 0 Å². The fourth-order valence-electron chi connectivity index (χ4n) is 2.38. The maximum Gasteiger partial charge on any atom is 0.323 e. The van der Waals surface area contributed by atoms with Crippen molar-refractivity contribution in [3.63, 3.8) is 0 Å². The van der Waals surface area contributed by atoms with Crippen LogP contribution in [0, 0.1) is 0 Å². The summed E-state index contributed by atoms with van der Waals surface area (Å²) in [6.45, 7) is 19.2. The first-order valence-corrected chi connectivity index (χ1v) is 13.2. The van der Waals surface area contributed by atoms with Gasteiger partial charge in [0.2, 0.25) is 0 Å². The van der Waals surface area contributed by atoms with E-state index in [0.717, 1.165) is 0 Å². The average molecular weight is 311 g/mol. The maximum atomic E-state index is 6.21. The third-order valence-electron chi connectivity index (χ3n) is 2.86. The van der Waals surface area contributed by atoms with Gasteiger partial charge >= 0.3 is 5.53 Å². The minimum absolute atomic E-state index is 0.586. The molecule has 0 radical (unpaired) electrons. The molecule has 4 nitrogen and oxygen atoms in total. The number of hydrogen-bond acceptors (Lipinski definition) is 4. The maximum absolute atomic E-state index is 6.21. The molecule has 0 aliphatic heterocycles. The van der Waals surface area contributed by atoms with Crippen LogP contribution in [0.4, 0.5) is 0 Å². The summed E-state index contributed by atoms with van der Waals surface area (Å²) in [5.41, 5.74) is -0.771. The van der Waals surface area contributed by atoms with E-state index in [4.69, 9.17) is 18.5 Å². The molecule has 0 N–H and O–H groups in total. The molecular weight excluding hydrogens is 279 g/mol. The predicted octanol–water partition coefficient (Wildman–Crippen LogP) is 4.49. The van der Waals surface area contributed by atoms with Gasteiger partial charge in [-0.1, -0.05) is 0 Å². The van der Waals surface area contributed by atoms with Crippen molar-refractivity contribution in [2.75, 3.05) is 26.4 Å². The Labute approximate surface area is 120 Å². The van der Waals surface area contributed by atoms with Crippen LogP contribution in [0.25, 0.3) is 0 Å². The third kappa shape index (κ3) is 4.23. The summed E-state index contributed by atoms with van der Waals surface area (Å²) in [7, 11) is -4.01. The second-order valence-electron chi connectivity index (χ2n) is 5.32.